The first-order valence-electron chi connectivity index (χ1n) is 11.0. The summed E-state index contributed by atoms with van der Waals surface area (Å²) in [5, 5.41) is 21.8. The third-order valence-corrected chi connectivity index (χ3v) is 8.94. The first-order valence-corrected chi connectivity index (χ1v) is 11.0. The van der Waals surface area contributed by atoms with Crippen LogP contribution in [0.4, 0.5) is 0 Å². The number of fused-ring (bicyclic) bond motifs is 1. The summed E-state index contributed by atoms with van der Waals surface area (Å²) in [6.07, 6.45) is 12.2. The molecule has 3 fully saturated rings. The molecule has 1 aromatic heterocycles. The maximum atomic E-state index is 11.5. The summed E-state index contributed by atoms with van der Waals surface area (Å²) in [6, 6.07) is 4.15. The summed E-state index contributed by atoms with van der Waals surface area (Å²) in [4.78, 5) is 0. The van der Waals surface area contributed by atoms with E-state index in [-0.39, 0.29) is 23.0 Å². The summed E-state index contributed by atoms with van der Waals surface area (Å²) in [5.41, 5.74) is 1.62. The molecule has 0 aromatic carbocycles. The molecule has 0 unspecified atom stereocenters. The monoisotopic (exact) mass is 371 g/mol. The van der Waals surface area contributed by atoms with Crippen LogP contribution in [0.25, 0.3) is 0 Å². The second-order valence-corrected chi connectivity index (χ2v) is 10.1. The van der Waals surface area contributed by atoms with Crippen LogP contribution in [-0.2, 0) is 6.54 Å². The lowest BCUT2D eigenvalue weighted by atomic mass is 9.51. The van der Waals surface area contributed by atoms with Crippen LogP contribution in [0.3, 0.4) is 0 Å². The molecule has 0 bridgehead atoms. The van der Waals surface area contributed by atoms with E-state index in [0.717, 1.165) is 51.5 Å². The molecule has 0 spiro atoms. The van der Waals surface area contributed by atoms with E-state index in [1.54, 1.807) is 0 Å². The molecular weight excluding hydrogens is 334 g/mol. The third-order valence-electron chi connectivity index (χ3n) is 8.94. The Kier molecular flexibility index (Phi) is 5.05. The van der Waals surface area contributed by atoms with E-state index in [0.29, 0.717) is 17.8 Å². The van der Waals surface area contributed by atoms with Crippen molar-refractivity contribution < 1.29 is 10.2 Å². The van der Waals surface area contributed by atoms with Gasteiger partial charge < -0.3 is 14.8 Å². The van der Waals surface area contributed by atoms with Gasteiger partial charge in [0.2, 0.25) is 0 Å². The van der Waals surface area contributed by atoms with Crippen LogP contribution >= 0.6 is 0 Å². The van der Waals surface area contributed by atoms with Gasteiger partial charge in [-0.15, -0.1) is 0 Å². The van der Waals surface area contributed by atoms with Crippen LogP contribution < -0.4 is 0 Å². The SMILES string of the molecule is C=C1CC[C@H]2[C@H](O)[C@@H]([C@@]3(C)CC[C@H](O)C[C@@H]3CCn3cccc3)CC[C@]12C. The molecule has 7 atom stereocenters. The molecule has 3 nitrogen and oxygen atoms in total. The van der Waals surface area contributed by atoms with Crippen LogP contribution in [0.1, 0.15) is 65.2 Å². The van der Waals surface area contributed by atoms with Gasteiger partial charge in [-0.3, -0.25) is 0 Å². The lowest BCUT2D eigenvalue weighted by Gasteiger charge is -2.55. The van der Waals surface area contributed by atoms with Gasteiger partial charge in [-0.25, -0.2) is 0 Å². The van der Waals surface area contributed by atoms with E-state index >= 15 is 0 Å². The number of allylic oxidation sites excluding steroid dienone is 1. The largest absolute Gasteiger partial charge is 0.393 e. The van der Waals surface area contributed by atoms with Crippen LogP contribution in [0.15, 0.2) is 36.7 Å². The highest BCUT2D eigenvalue weighted by Gasteiger charge is 2.56. The number of aliphatic hydroxyl groups is 2. The highest BCUT2D eigenvalue weighted by Crippen LogP contribution is 2.61. The Balaban J connectivity index is 1.54. The molecule has 2 N–H and O–H groups in total. The molecule has 3 heteroatoms. The number of rotatable bonds is 4. The first-order chi connectivity index (χ1) is 12.8. The third kappa shape index (κ3) is 3.21. The van der Waals surface area contributed by atoms with Gasteiger partial charge in [0, 0.05) is 18.9 Å². The highest BCUT2D eigenvalue weighted by molar-refractivity contribution is 5.21. The van der Waals surface area contributed by atoms with Crippen molar-refractivity contribution in [1.29, 1.82) is 0 Å². The topological polar surface area (TPSA) is 45.4 Å². The number of hydrogen-bond donors (Lipinski definition) is 2. The predicted octanol–water partition coefficient (Wildman–Crippen LogP) is 4.79. The van der Waals surface area contributed by atoms with Crippen molar-refractivity contribution in [3.05, 3.63) is 36.7 Å². The van der Waals surface area contributed by atoms with Gasteiger partial charge in [0.25, 0.3) is 0 Å². The molecular formula is C24H37NO2. The van der Waals surface area contributed by atoms with E-state index in [4.69, 9.17) is 0 Å². The van der Waals surface area contributed by atoms with Gasteiger partial charge >= 0.3 is 0 Å². The summed E-state index contributed by atoms with van der Waals surface area (Å²) >= 11 is 0. The Labute approximate surface area is 164 Å². The normalized spacial score (nSPS) is 45.0. The smallest absolute Gasteiger partial charge is 0.0610 e. The Morgan fingerprint density at radius 2 is 1.81 bits per heavy atom. The number of aryl methyl sites for hydroxylation is 1. The zero-order chi connectivity index (χ0) is 19.2. The minimum Gasteiger partial charge on any atom is -0.393 e. The zero-order valence-electron chi connectivity index (χ0n) is 17.1. The molecule has 0 amide bonds. The van der Waals surface area contributed by atoms with Crippen LogP contribution in [0, 0.1) is 28.6 Å². The van der Waals surface area contributed by atoms with Crippen molar-refractivity contribution in [2.24, 2.45) is 28.6 Å². The molecule has 1 heterocycles. The second-order valence-electron chi connectivity index (χ2n) is 10.1. The second kappa shape index (κ2) is 7.08. The summed E-state index contributed by atoms with van der Waals surface area (Å²) in [7, 11) is 0. The van der Waals surface area contributed by atoms with E-state index < -0.39 is 0 Å². The van der Waals surface area contributed by atoms with Crippen molar-refractivity contribution in [3.8, 4) is 0 Å². The fraction of sp³-hybridized carbons (Fsp3) is 0.750. The molecule has 3 aliphatic rings. The minimum atomic E-state index is -0.225. The van der Waals surface area contributed by atoms with E-state index in [1.807, 2.05) is 0 Å². The van der Waals surface area contributed by atoms with Crippen LogP contribution in [0.2, 0.25) is 0 Å². The molecule has 0 radical (unpaired) electrons. The molecule has 3 aliphatic carbocycles. The fourth-order valence-corrected chi connectivity index (χ4v) is 6.89. The lowest BCUT2D eigenvalue weighted by molar-refractivity contribution is -0.120. The first kappa shape index (κ1) is 19.3. The highest BCUT2D eigenvalue weighted by atomic mass is 16.3. The molecule has 1 aromatic rings. The number of aliphatic hydroxyl groups excluding tert-OH is 2. The number of nitrogens with zero attached hydrogens (tertiary/aromatic N) is 1. The molecule has 27 heavy (non-hydrogen) atoms. The number of aromatic nitrogens is 1. The lowest BCUT2D eigenvalue weighted by Crippen LogP contribution is -2.52. The van der Waals surface area contributed by atoms with Crippen molar-refractivity contribution in [2.75, 3.05) is 0 Å². The zero-order valence-corrected chi connectivity index (χ0v) is 17.1. The van der Waals surface area contributed by atoms with Crippen molar-refractivity contribution in [1.82, 2.24) is 4.57 Å². The molecule has 150 valence electrons. The molecule has 0 aliphatic heterocycles. The standard InChI is InChI=1S/C24H37NO2/c1-17-6-7-20-22(27)21(9-12-23(17,20)2)24(3)11-8-19(26)16-18(24)10-15-25-13-4-5-14-25/h4-5,13-14,18-22,26-27H,1,6-12,15-16H2,2-3H3/t18-,19-,20-,21-,22-,23+,24-/m0/s1. The predicted molar refractivity (Wildman–Crippen MR) is 109 cm³/mol. The minimum absolute atomic E-state index is 0.122. The Bertz CT molecular complexity index is 668. The maximum absolute atomic E-state index is 11.5. The van der Waals surface area contributed by atoms with E-state index in [2.05, 4.69) is 49.5 Å². The fourth-order valence-electron chi connectivity index (χ4n) is 6.89. The molecule has 0 saturated heterocycles. The summed E-state index contributed by atoms with van der Waals surface area (Å²) in [6.45, 7) is 10.1. The quantitative estimate of drug-likeness (QED) is 0.748. The van der Waals surface area contributed by atoms with Gasteiger partial charge in [0.05, 0.1) is 12.2 Å². The van der Waals surface area contributed by atoms with Gasteiger partial charge in [0.15, 0.2) is 0 Å². The molecule has 3 saturated carbocycles. The van der Waals surface area contributed by atoms with Crippen molar-refractivity contribution in [2.45, 2.75) is 84.0 Å². The Morgan fingerprint density at radius 1 is 1.07 bits per heavy atom. The Morgan fingerprint density at radius 3 is 2.56 bits per heavy atom. The van der Waals surface area contributed by atoms with Gasteiger partial charge in [-0.2, -0.15) is 0 Å². The van der Waals surface area contributed by atoms with E-state index in [1.165, 1.54) is 12.0 Å². The van der Waals surface area contributed by atoms with Gasteiger partial charge in [0.1, 0.15) is 0 Å². The van der Waals surface area contributed by atoms with Crippen molar-refractivity contribution in [3.63, 3.8) is 0 Å². The summed E-state index contributed by atoms with van der Waals surface area (Å²) in [5.74, 6) is 1.19. The van der Waals surface area contributed by atoms with Gasteiger partial charge in [-0.05, 0) is 92.1 Å². The molecule has 4 rings (SSSR count). The van der Waals surface area contributed by atoms with E-state index in [9.17, 15) is 10.2 Å². The Hall–Kier alpha value is -1.06. The average Bonchev–Trinajstić information content (AvgIpc) is 3.25. The van der Waals surface area contributed by atoms with Gasteiger partial charge in [-0.1, -0.05) is 26.0 Å². The van der Waals surface area contributed by atoms with Crippen LogP contribution in [0.5, 0.6) is 0 Å². The van der Waals surface area contributed by atoms with Crippen molar-refractivity contribution >= 4 is 0 Å². The number of hydrogen-bond acceptors (Lipinski definition) is 2. The van der Waals surface area contributed by atoms with Crippen LogP contribution in [-0.4, -0.2) is 27.0 Å². The maximum Gasteiger partial charge on any atom is 0.0610 e. The average molecular weight is 372 g/mol. The summed E-state index contributed by atoms with van der Waals surface area (Å²) < 4.78 is 2.25.